The molecule has 0 saturated heterocycles. The highest BCUT2D eigenvalue weighted by molar-refractivity contribution is 14.1. The van der Waals surface area contributed by atoms with Crippen molar-refractivity contribution in [2.75, 3.05) is 0 Å². The molecule has 0 aliphatic carbocycles. The first-order valence-corrected chi connectivity index (χ1v) is 6.10. The standard InChI is InChI=1S/C7H3BrF3IN2O3/c8-2-4-6(14(15)16)3(12)1-5(13-4)17-7(9,10)11/h1H,2H2. The molecule has 10 heteroatoms. The summed E-state index contributed by atoms with van der Waals surface area (Å²) in [5, 5.41) is 10.6. The first-order chi connectivity index (χ1) is 7.74. The largest absolute Gasteiger partial charge is 0.574 e. The number of aromatic nitrogens is 1. The molecule has 0 amide bonds. The van der Waals surface area contributed by atoms with Crippen LogP contribution >= 0.6 is 38.5 Å². The summed E-state index contributed by atoms with van der Waals surface area (Å²) in [4.78, 5) is 13.4. The number of rotatable bonds is 3. The monoisotopic (exact) mass is 426 g/mol. The van der Waals surface area contributed by atoms with Crippen molar-refractivity contribution in [2.24, 2.45) is 0 Å². The second-order valence-electron chi connectivity index (χ2n) is 2.68. The van der Waals surface area contributed by atoms with Gasteiger partial charge in [-0.1, -0.05) is 15.9 Å². The second kappa shape index (κ2) is 5.33. The van der Waals surface area contributed by atoms with Crippen LogP contribution < -0.4 is 4.74 Å². The van der Waals surface area contributed by atoms with E-state index < -0.39 is 17.2 Å². The fourth-order valence-electron chi connectivity index (χ4n) is 0.989. The number of alkyl halides is 4. The van der Waals surface area contributed by atoms with Crippen molar-refractivity contribution in [3.05, 3.63) is 25.4 Å². The number of hydrogen-bond donors (Lipinski definition) is 0. The lowest BCUT2D eigenvalue weighted by Crippen LogP contribution is -2.18. The van der Waals surface area contributed by atoms with Gasteiger partial charge in [0.2, 0.25) is 5.88 Å². The van der Waals surface area contributed by atoms with Crippen LogP contribution in [0.2, 0.25) is 0 Å². The van der Waals surface area contributed by atoms with Gasteiger partial charge in [-0.25, -0.2) is 4.98 Å². The van der Waals surface area contributed by atoms with E-state index in [1.807, 2.05) is 0 Å². The van der Waals surface area contributed by atoms with Crippen LogP contribution in [0.25, 0.3) is 0 Å². The highest BCUT2D eigenvalue weighted by Gasteiger charge is 2.33. The predicted octanol–water partition coefficient (Wildman–Crippen LogP) is 3.39. The average Bonchev–Trinajstić information content (AvgIpc) is 2.12. The zero-order chi connectivity index (χ0) is 13.2. The number of hydrogen-bond acceptors (Lipinski definition) is 4. The maximum Gasteiger partial charge on any atom is 0.574 e. The van der Waals surface area contributed by atoms with Gasteiger partial charge in [0.15, 0.2) is 0 Å². The van der Waals surface area contributed by atoms with E-state index in [2.05, 4.69) is 25.7 Å². The van der Waals surface area contributed by atoms with Crippen molar-refractivity contribution < 1.29 is 22.8 Å². The van der Waals surface area contributed by atoms with Crippen LogP contribution in [0.4, 0.5) is 18.9 Å². The third-order valence-corrected chi connectivity index (χ3v) is 2.88. The molecule has 5 nitrogen and oxygen atoms in total. The Bertz CT molecular complexity index is 455. The lowest BCUT2D eigenvalue weighted by Gasteiger charge is -2.09. The van der Waals surface area contributed by atoms with Crippen molar-refractivity contribution in [2.45, 2.75) is 11.7 Å². The van der Waals surface area contributed by atoms with E-state index in [4.69, 9.17) is 0 Å². The van der Waals surface area contributed by atoms with E-state index >= 15 is 0 Å². The van der Waals surface area contributed by atoms with E-state index in [1.54, 1.807) is 22.6 Å². The van der Waals surface area contributed by atoms with Crippen LogP contribution in [0.3, 0.4) is 0 Å². The molecule has 0 bridgehead atoms. The minimum Gasteiger partial charge on any atom is -0.388 e. The van der Waals surface area contributed by atoms with Gasteiger partial charge in [-0.15, -0.1) is 13.2 Å². The maximum absolute atomic E-state index is 12.0. The summed E-state index contributed by atoms with van der Waals surface area (Å²) < 4.78 is 39.5. The first kappa shape index (κ1) is 14.4. The van der Waals surface area contributed by atoms with Gasteiger partial charge in [0.25, 0.3) is 0 Å². The van der Waals surface area contributed by atoms with E-state index in [1.165, 1.54) is 0 Å². The fourth-order valence-corrected chi connectivity index (χ4v) is 2.16. The van der Waals surface area contributed by atoms with Crippen LogP contribution in [-0.4, -0.2) is 16.3 Å². The van der Waals surface area contributed by atoms with Crippen LogP contribution in [0.15, 0.2) is 6.07 Å². The van der Waals surface area contributed by atoms with Gasteiger partial charge in [0.05, 0.1) is 13.8 Å². The summed E-state index contributed by atoms with van der Waals surface area (Å²) in [6, 6.07) is 0.859. The molecule has 1 aromatic rings. The first-order valence-electron chi connectivity index (χ1n) is 3.90. The van der Waals surface area contributed by atoms with Gasteiger partial charge in [0, 0.05) is 6.07 Å². The third kappa shape index (κ3) is 3.94. The Morgan fingerprint density at radius 2 is 2.18 bits per heavy atom. The van der Waals surface area contributed by atoms with E-state index in [0.717, 1.165) is 6.07 Å². The molecule has 1 rings (SSSR count). The number of halogens is 5. The summed E-state index contributed by atoms with van der Waals surface area (Å²) in [6.45, 7) is 0. The third-order valence-electron chi connectivity index (χ3n) is 1.52. The molecular weight excluding hydrogens is 424 g/mol. The van der Waals surface area contributed by atoms with Crippen molar-refractivity contribution in [3.8, 4) is 5.88 Å². The van der Waals surface area contributed by atoms with Gasteiger partial charge in [-0.2, -0.15) is 0 Å². The molecule has 0 N–H and O–H groups in total. The van der Waals surface area contributed by atoms with Gasteiger partial charge < -0.3 is 4.74 Å². The summed E-state index contributed by atoms with van der Waals surface area (Å²) in [7, 11) is 0. The lowest BCUT2D eigenvalue weighted by atomic mass is 10.3. The van der Waals surface area contributed by atoms with Crippen LogP contribution in [0, 0.1) is 13.7 Å². The Kier molecular flexibility index (Phi) is 4.52. The maximum atomic E-state index is 12.0. The Balaban J connectivity index is 3.23. The summed E-state index contributed by atoms with van der Waals surface area (Å²) >= 11 is 4.47. The SMILES string of the molecule is O=[N+]([O-])c1c(I)cc(OC(F)(F)F)nc1CBr. The number of pyridine rings is 1. The van der Waals surface area contributed by atoms with Crippen LogP contribution in [0.5, 0.6) is 5.88 Å². The lowest BCUT2D eigenvalue weighted by molar-refractivity contribution is -0.386. The van der Waals surface area contributed by atoms with E-state index in [9.17, 15) is 23.3 Å². The topological polar surface area (TPSA) is 65.3 Å². The van der Waals surface area contributed by atoms with Gasteiger partial charge in [0.1, 0.15) is 5.69 Å². The molecule has 0 aliphatic rings. The van der Waals surface area contributed by atoms with E-state index in [-0.39, 0.29) is 20.3 Å². The normalized spacial score (nSPS) is 11.4. The fraction of sp³-hybridized carbons (Fsp3) is 0.286. The summed E-state index contributed by atoms with van der Waals surface area (Å²) in [5.74, 6) is -0.720. The van der Waals surface area contributed by atoms with Gasteiger partial charge in [-0.05, 0) is 22.6 Å². The van der Waals surface area contributed by atoms with Crippen molar-refractivity contribution in [1.29, 1.82) is 0 Å². The molecule has 0 atom stereocenters. The molecule has 0 fully saturated rings. The quantitative estimate of drug-likeness (QED) is 0.321. The zero-order valence-corrected chi connectivity index (χ0v) is 11.5. The minimum absolute atomic E-state index is 0.0244. The zero-order valence-electron chi connectivity index (χ0n) is 7.79. The smallest absolute Gasteiger partial charge is 0.388 e. The molecule has 1 heterocycles. The summed E-state index contributed by atoms with van der Waals surface area (Å²) in [6.07, 6.45) is -4.88. The summed E-state index contributed by atoms with van der Waals surface area (Å²) in [5.41, 5.74) is -0.460. The Morgan fingerprint density at radius 1 is 1.59 bits per heavy atom. The molecule has 0 spiro atoms. The second-order valence-corrected chi connectivity index (χ2v) is 4.40. The molecule has 1 aromatic heterocycles. The average molecular weight is 427 g/mol. The molecule has 0 radical (unpaired) electrons. The van der Waals surface area contributed by atoms with Gasteiger partial charge in [-0.3, -0.25) is 10.1 Å². The molecule has 0 saturated carbocycles. The minimum atomic E-state index is -4.88. The van der Waals surface area contributed by atoms with E-state index in [0.29, 0.717) is 0 Å². The molecule has 17 heavy (non-hydrogen) atoms. The predicted molar refractivity (Wildman–Crippen MR) is 62.9 cm³/mol. The van der Waals surface area contributed by atoms with Crippen molar-refractivity contribution in [3.63, 3.8) is 0 Å². The van der Waals surface area contributed by atoms with Crippen molar-refractivity contribution in [1.82, 2.24) is 4.98 Å². The molecule has 0 aliphatic heterocycles. The Labute approximate surface area is 115 Å². The van der Waals surface area contributed by atoms with Crippen LogP contribution in [0.1, 0.15) is 5.69 Å². The van der Waals surface area contributed by atoms with Gasteiger partial charge >= 0.3 is 12.0 Å². The Hall–Kier alpha value is -0.650. The highest BCUT2D eigenvalue weighted by atomic mass is 127. The highest BCUT2D eigenvalue weighted by Crippen LogP contribution is 2.31. The molecular formula is C7H3BrF3IN2O3. The van der Waals surface area contributed by atoms with Crippen LogP contribution in [-0.2, 0) is 5.33 Å². The number of ether oxygens (including phenoxy) is 1. The molecule has 0 unspecified atom stereocenters. The Morgan fingerprint density at radius 3 is 2.59 bits per heavy atom. The molecule has 94 valence electrons. The molecule has 0 aromatic carbocycles. The number of nitro groups is 1. The van der Waals surface area contributed by atoms with Crippen molar-refractivity contribution >= 4 is 44.2 Å². The number of nitrogens with zero attached hydrogens (tertiary/aromatic N) is 2.